The van der Waals surface area contributed by atoms with Gasteiger partial charge in [-0.3, -0.25) is 9.59 Å². The smallest absolute Gasteiger partial charge is 0.286 e. The average Bonchev–Trinajstić information content (AvgIpc) is 2.50. The molecule has 0 aliphatic carbocycles. The van der Waals surface area contributed by atoms with Crippen molar-refractivity contribution in [3.05, 3.63) is 46.5 Å². The van der Waals surface area contributed by atoms with Gasteiger partial charge in [-0.15, -0.1) is 0 Å². The van der Waals surface area contributed by atoms with Crippen LogP contribution in [0.25, 0.3) is 0 Å². The third-order valence-electron chi connectivity index (χ3n) is 3.26. The maximum Gasteiger partial charge on any atom is 0.416 e. The summed E-state index contributed by atoms with van der Waals surface area (Å²) in [7, 11) is 0. The molecule has 2 nitrogen and oxygen atoms in total. The topological polar surface area (TPSA) is 34.1 Å². The molecule has 0 saturated carbocycles. The second-order valence-corrected chi connectivity index (χ2v) is 5.66. The Morgan fingerprint density at radius 1 is 1.09 bits per heavy atom. The molecule has 0 amide bonds. The van der Waals surface area contributed by atoms with Gasteiger partial charge in [0.05, 0.1) is 5.56 Å². The second kappa shape index (κ2) is 8.87. The molecule has 1 aromatic rings. The average molecular weight is 347 g/mol. The first kappa shape index (κ1) is 19.4. The highest BCUT2D eigenvalue weighted by Crippen LogP contribution is 2.29. The van der Waals surface area contributed by atoms with Crippen molar-refractivity contribution in [2.45, 2.75) is 45.2 Å². The van der Waals surface area contributed by atoms with Crippen molar-refractivity contribution in [1.82, 2.24) is 0 Å². The first-order chi connectivity index (χ1) is 10.8. The van der Waals surface area contributed by atoms with Gasteiger partial charge in [0.15, 0.2) is 0 Å². The molecule has 0 heterocycles. The van der Waals surface area contributed by atoms with Gasteiger partial charge < -0.3 is 0 Å². The van der Waals surface area contributed by atoms with Crippen LogP contribution >= 0.6 is 11.6 Å². The Morgan fingerprint density at radius 2 is 1.70 bits per heavy atom. The van der Waals surface area contributed by atoms with Gasteiger partial charge in [-0.05, 0) is 25.0 Å². The zero-order valence-corrected chi connectivity index (χ0v) is 13.5. The zero-order chi connectivity index (χ0) is 17.5. The van der Waals surface area contributed by atoms with E-state index >= 15 is 0 Å². The van der Waals surface area contributed by atoms with Crippen LogP contribution in [0, 0.1) is 0 Å². The summed E-state index contributed by atoms with van der Waals surface area (Å²) >= 11 is 5.91. The van der Waals surface area contributed by atoms with E-state index in [1.807, 2.05) is 0 Å². The van der Waals surface area contributed by atoms with Crippen LogP contribution in [0.4, 0.5) is 13.2 Å². The van der Waals surface area contributed by atoms with Crippen LogP contribution in [-0.2, 0) is 11.0 Å². The number of benzene rings is 1. The van der Waals surface area contributed by atoms with Gasteiger partial charge in [0.1, 0.15) is 0 Å². The lowest BCUT2D eigenvalue weighted by Gasteiger charge is -2.06. The highest BCUT2D eigenvalue weighted by molar-refractivity contribution is 6.49. The maximum absolute atomic E-state index is 12.4. The summed E-state index contributed by atoms with van der Waals surface area (Å²) < 4.78 is 37.3. The third-order valence-corrected chi connectivity index (χ3v) is 3.55. The predicted molar refractivity (Wildman–Crippen MR) is 83.5 cm³/mol. The summed E-state index contributed by atoms with van der Waals surface area (Å²) in [6, 6.07) is 3.53. The monoisotopic (exact) mass is 346 g/mol. The van der Waals surface area contributed by atoms with Crippen LogP contribution in [0.15, 0.2) is 35.4 Å². The number of carbonyl (C=O) groups is 2. The van der Waals surface area contributed by atoms with E-state index in [1.54, 1.807) is 0 Å². The molecule has 0 radical (unpaired) electrons. The number of hydrogen-bond acceptors (Lipinski definition) is 2. The van der Waals surface area contributed by atoms with Gasteiger partial charge in [-0.1, -0.05) is 49.9 Å². The SMILES string of the molecule is CCCCCC/C(Cl)=C/C(=O)C(=O)c1ccc(C(F)(F)F)cc1. The molecular formula is C17H18ClF3O2. The summed E-state index contributed by atoms with van der Waals surface area (Å²) in [4.78, 5) is 23.7. The van der Waals surface area contributed by atoms with Crippen molar-refractivity contribution in [3.63, 3.8) is 0 Å². The van der Waals surface area contributed by atoms with E-state index in [2.05, 4.69) is 6.92 Å². The Morgan fingerprint density at radius 3 is 2.22 bits per heavy atom. The van der Waals surface area contributed by atoms with E-state index in [1.165, 1.54) is 0 Å². The molecule has 0 atom stereocenters. The van der Waals surface area contributed by atoms with Crippen molar-refractivity contribution < 1.29 is 22.8 Å². The van der Waals surface area contributed by atoms with Crippen LogP contribution in [0.2, 0.25) is 0 Å². The molecule has 0 unspecified atom stereocenters. The Kier molecular flexibility index (Phi) is 7.49. The van der Waals surface area contributed by atoms with Crippen LogP contribution < -0.4 is 0 Å². The van der Waals surface area contributed by atoms with Gasteiger partial charge in [0.2, 0.25) is 11.6 Å². The lowest BCUT2D eigenvalue weighted by molar-refractivity contribution is -0.137. The summed E-state index contributed by atoms with van der Waals surface area (Å²) in [6.07, 6.45) is 1.04. The number of hydrogen-bond donors (Lipinski definition) is 0. The number of Topliss-reactive ketones (excluding diaryl/α,β-unsaturated/α-hetero) is 1. The molecule has 1 rings (SSSR count). The molecule has 0 aromatic heterocycles. The molecule has 1 aromatic carbocycles. The first-order valence-corrected chi connectivity index (χ1v) is 7.75. The van der Waals surface area contributed by atoms with E-state index in [4.69, 9.17) is 11.6 Å². The van der Waals surface area contributed by atoms with Crippen molar-refractivity contribution in [2.24, 2.45) is 0 Å². The Hall–Kier alpha value is -1.62. The molecule has 0 spiro atoms. The molecule has 126 valence electrons. The van der Waals surface area contributed by atoms with Crippen molar-refractivity contribution in [1.29, 1.82) is 0 Å². The summed E-state index contributed by atoms with van der Waals surface area (Å²) in [5, 5.41) is 0.284. The molecular weight excluding hydrogens is 329 g/mol. The van der Waals surface area contributed by atoms with E-state index in [0.29, 0.717) is 6.42 Å². The molecule has 0 saturated heterocycles. The quantitative estimate of drug-likeness (QED) is 0.267. The van der Waals surface area contributed by atoms with Crippen molar-refractivity contribution in [2.75, 3.05) is 0 Å². The molecule has 0 bridgehead atoms. The zero-order valence-electron chi connectivity index (χ0n) is 12.8. The number of alkyl halides is 3. The van der Waals surface area contributed by atoms with Crippen molar-refractivity contribution in [3.8, 4) is 0 Å². The number of halogens is 4. The standard InChI is InChI=1S/C17H18ClF3O2/c1-2-3-4-5-6-14(18)11-15(22)16(23)12-7-9-13(10-8-12)17(19,20)21/h7-11H,2-6H2,1H3/b14-11-. The van der Waals surface area contributed by atoms with Gasteiger partial charge in [0, 0.05) is 16.7 Å². The van der Waals surface area contributed by atoms with Gasteiger partial charge in [-0.2, -0.15) is 13.2 Å². The Labute approximate surface area is 138 Å². The van der Waals surface area contributed by atoms with Gasteiger partial charge in [0.25, 0.3) is 0 Å². The van der Waals surface area contributed by atoms with E-state index in [9.17, 15) is 22.8 Å². The van der Waals surface area contributed by atoms with Crippen LogP contribution in [0.3, 0.4) is 0 Å². The van der Waals surface area contributed by atoms with E-state index in [0.717, 1.165) is 56.0 Å². The minimum Gasteiger partial charge on any atom is -0.286 e. The fourth-order valence-corrected chi connectivity index (χ4v) is 2.19. The van der Waals surface area contributed by atoms with Gasteiger partial charge in [-0.25, -0.2) is 0 Å². The number of rotatable bonds is 8. The first-order valence-electron chi connectivity index (χ1n) is 7.37. The minimum atomic E-state index is -4.48. The third kappa shape index (κ3) is 6.57. The normalized spacial score (nSPS) is 12.3. The maximum atomic E-state index is 12.4. The number of unbranched alkanes of at least 4 members (excludes halogenated alkanes) is 3. The number of carbonyl (C=O) groups excluding carboxylic acids is 2. The highest BCUT2D eigenvalue weighted by atomic mass is 35.5. The molecule has 23 heavy (non-hydrogen) atoms. The van der Waals surface area contributed by atoms with Crippen LogP contribution in [-0.4, -0.2) is 11.6 Å². The lowest BCUT2D eigenvalue weighted by Crippen LogP contribution is -2.12. The Bertz CT molecular complexity index is 574. The van der Waals surface area contributed by atoms with Crippen molar-refractivity contribution >= 4 is 23.2 Å². The second-order valence-electron chi connectivity index (χ2n) is 5.17. The summed E-state index contributed by atoms with van der Waals surface area (Å²) in [5.74, 6) is -1.70. The molecule has 0 aliphatic heterocycles. The number of allylic oxidation sites excluding steroid dienone is 2. The fourth-order valence-electron chi connectivity index (χ4n) is 1.95. The lowest BCUT2D eigenvalue weighted by atomic mass is 10.0. The highest BCUT2D eigenvalue weighted by Gasteiger charge is 2.30. The van der Waals surface area contributed by atoms with Crippen LogP contribution in [0.5, 0.6) is 0 Å². The number of ketones is 2. The molecule has 6 heteroatoms. The predicted octanol–water partition coefficient (Wildman–Crippen LogP) is 5.55. The van der Waals surface area contributed by atoms with E-state index < -0.39 is 23.3 Å². The van der Waals surface area contributed by atoms with E-state index in [-0.39, 0.29) is 10.6 Å². The minimum absolute atomic E-state index is 0.0882. The Balaban J connectivity index is 2.67. The fraction of sp³-hybridized carbons (Fsp3) is 0.412. The summed E-state index contributed by atoms with van der Waals surface area (Å²) in [5.41, 5.74) is -0.958. The molecule has 0 aliphatic rings. The molecule has 0 N–H and O–H groups in total. The molecule has 0 fully saturated rings. The largest absolute Gasteiger partial charge is 0.416 e. The van der Waals surface area contributed by atoms with Gasteiger partial charge >= 0.3 is 6.18 Å². The summed E-state index contributed by atoms with van der Waals surface area (Å²) in [6.45, 7) is 2.07. The van der Waals surface area contributed by atoms with Crippen LogP contribution in [0.1, 0.15) is 54.9 Å².